The molecule has 1 aromatic rings. The predicted molar refractivity (Wildman–Crippen MR) is 78.1 cm³/mol. The van der Waals surface area contributed by atoms with Gasteiger partial charge in [-0.1, -0.05) is 24.3 Å². The van der Waals surface area contributed by atoms with Crippen LogP contribution in [0.25, 0.3) is 0 Å². The highest BCUT2D eigenvalue weighted by Crippen LogP contribution is 2.36. The number of hydrogen-bond acceptors (Lipinski definition) is 3. The average Bonchev–Trinajstić information content (AvgIpc) is 3.17. The van der Waals surface area contributed by atoms with Crippen molar-refractivity contribution in [3.63, 3.8) is 0 Å². The molecule has 2 unspecified atom stereocenters. The maximum absolute atomic E-state index is 12.8. The van der Waals surface area contributed by atoms with Gasteiger partial charge in [0.05, 0.1) is 12.5 Å². The minimum atomic E-state index is -0.926. The van der Waals surface area contributed by atoms with E-state index in [9.17, 15) is 14.4 Å². The van der Waals surface area contributed by atoms with Crippen molar-refractivity contribution in [2.75, 3.05) is 13.1 Å². The lowest BCUT2D eigenvalue weighted by atomic mass is 9.98. The van der Waals surface area contributed by atoms with E-state index in [0.717, 1.165) is 18.4 Å². The quantitative estimate of drug-likeness (QED) is 0.742. The molecule has 6 nitrogen and oxygen atoms in total. The molecule has 1 spiro atoms. The van der Waals surface area contributed by atoms with Crippen molar-refractivity contribution in [1.29, 1.82) is 0 Å². The maximum Gasteiger partial charge on any atom is 0.322 e. The Balaban J connectivity index is 1.54. The lowest BCUT2D eigenvalue weighted by Gasteiger charge is -2.23. The molecule has 2 saturated heterocycles. The van der Waals surface area contributed by atoms with Crippen LogP contribution in [-0.2, 0) is 16.0 Å². The van der Waals surface area contributed by atoms with Gasteiger partial charge in [0.1, 0.15) is 5.54 Å². The number of amides is 4. The number of hydrogen-bond donors (Lipinski definition) is 2. The SMILES string of the molecule is O=C1NC(=O)C2(CCN(C(=O)C3CCc4ccccc43)C2)N1. The van der Waals surface area contributed by atoms with Crippen LogP contribution in [0.5, 0.6) is 0 Å². The summed E-state index contributed by atoms with van der Waals surface area (Å²) >= 11 is 0. The molecule has 2 heterocycles. The number of urea groups is 1. The Bertz CT molecular complexity index is 687. The molecule has 114 valence electrons. The van der Waals surface area contributed by atoms with Gasteiger partial charge in [0.2, 0.25) is 5.91 Å². The summed E-state index contributed by atoms with van der Waals surface area (Å²) in [5.41, 5.74) is 1.42. The van der Waals surface area contributed by atoms with Crippen molar-refractivity contribution in [3.05, 3.63) is 35.4 Å². The lowest BCUT2D eigenvalue weighted by molar-refractivity contribution is -0.132. The Hall–Kier alpha value is -2.37. The number of fused-ring (bicyclic) bond motifs is 1. The van der Waals surface area contributed by atoms with Crippen molar-refractivity contribution in [2.45, 2.75) is 30.7 Å². The summed E-state index contributed by atoms with van der Waals surface area (Å²) in [5, 5.41) is 4.95. The largest absolute Gasteiger partial charge is 0.339 e. The highest BCUT2D eigenvalue weighted by molar-refractivity contribution is 6.07. The fraction of sp³-hybridized carbons (Fsp3) is 0.438. The van der Waals surface area contributed by atoms with E-state index >= 15 is 0 Å². The standard InChI is InChI=1S/C16H17N3O3/c20-13(12-6-5-10-3-1-2-4-11(10)12)19-8-7-16(9-19)14(21)17-15(22)18-16/h1-4,12H,5-9H2,(H2,17,18,21,22). The van der Waals surface area contributed by atoms with Crippen LogP contribution in [0.1, 0.15) is 29.9 Å². The van der Waals surface area contributed by atoms with Crippen molar-refractivity contribution in [3.8, 4) is 0 Å². The van der Waals surface area contributed by atoms with Gasteiger partial charge in [0.25, 0.3) is 5.91 Å². The van der Waals surface area contributed by atoms with E-state index in [-0.39, 0.29) is 24.3 Å². The summed E-state index contributed by atoms with van der Waals surface area (Å²) < 4.78 is 0. The van der Waals surface area contributed by atoms with Crippen LogP contribution in [-0.4, -0.2) is 41.4 Å². The molecule has 0 bridgehead atoms. The van der Waals surface area contributed by atoms with Crippen LogP contribution >= 0.6 is 0 Å². The third-order valence-electron chi connectivity index (χ3n) is 5.03. The van der Waals surface area contributed by atoms with E-state index < -0.39 is 11.6 Å². The summed E-state index contributed by atoms with van der Waals surface area (Å²) in [6.07, 6.45) is 2.22. The van der Waals surface area contributed by atoms with Gasteiger partial charge in [-0.25, -0.2) is 4.79 Å². The van der Waals surface area contributed by atoms with E-state index in [4.69, 9.17) is 0 Å². The smallest absolute Gasteiger partial charge is 0.322 e. The lowest BCUT2D eigenvalue weighted by Crippen LogP contribution is -2.50. The van der Waals surface area contributed by atoms with E-state index in [1.807, 2.05) is 18.2 Å². The highest BCUT2D eigenvalue weighted by Gasteiger charge is 2.52. The molecule has 0 aromatic heterocycles. The first kappa shape index (κ1) is 13.3. The molecule has 2 aliphatic heterocycles. The second-order valence-electron chi connectivity index (χ2n) is 6.29. The molecule has 6 heteroatoms. The van der Waals surface area contributed by atoms with Gasteiger partial charge >= 0.3 is 6.03 Å². The van der Waals surface area contributed by atoms with Crippen LogP contribution in [0.4, 0.5) is 4.79 Å². The van der Waals surface area contributed by atoms with Crippen LogP contribution in [0, 0.1) is 0 Å². The second-order valence-corrected chi connectivity index (χ2v) is 6.29. The first-order chi connectivity index (χ1) is 10.6. The summed E-state index contributed by atoms with van der Waals surface area (Å²) in [7, 11) is 0. The first-order valence-electron chi connectivity index (χ1n) is 7.59. The predicted octanol–water partition coefficient (Wildman–Crippen LogP) is 0.527. The number of aryl methyl sites for hydroxylation is 1. The molecule has 0 saturated carbocycles. The summed E-state index contributed by atoms with van der Waals surface area (Å²) in [4.78, 5) is 37.9. The van der Waals surface area contributed by atoms with Crippen molar-refractivity contribution >= 4 is 17.8 Å². The molecular weight excluding hydrogens is 282 g/mol. The van der Waals surface area contributed by atoms with Gasteiger partial charge in [0.15, 0.2) is 0 Å². The minimum absolute atomic E-state index is 0.0655. The number of likely N-dealkylation sites (tertiary alicyclic amines) is 1. The Morgan fingerprint density at radius 3 is 2.86 bits per heavy atom. The Kier molecular flexibility index (Phi) is 2.76. The molecule has 22 heavy (non-hydrogen) atoms. The maximum atomic E-state index is 12.8. The van der Waals surface area contributed by atoms with Gasteiger partial charge in [-0.2, -0.15) is 0 Å². The zero-order valence-electron chi connectivity index (χ0n) is 12.1. The molecule has 2 atom stereocenters. The number of carbonyl (C=O) groups is 3. The highest BCUT2D eigenvalue weighted by atomic mass is 16.2. The van der Waals surface area contributed by atoms with Gasteiger partial charge in [-0.3, -0.25) is 14.9 Å². The van der Waals surface area contributed by atoms with Crippen LogP contribution in [0.3, 0.4) is 0 Å². The summed E-state index contributed by atoms with van der Waals surface area (Å²) in [6, 6.07) is 7.57. The topological polar surface area (TPSA) is 78.5 Å². The Morgan fingerprint density at radius 1 is 1.27 bits per heavy atom. The van der Waals surface area contributed by atoms with Gasteiger partial charge in [-0.15, -0.1) is 0 Å². The zero-order valence-corrected chi connectivity index (χ0v) is 12.1. The molecule has 2 N–H and O–H groups in total. The average molecular weight is 299 g/mol. The summed E-state index contributed by atoms with van der Waals surface area (Å²) in [5.74, 6) is -0.373. The number of benzene rings is 1. The molecule has 2 fully saturated rings. The molecule has 4 amide bonds. The van der Waals surface area contributed by atoms with Crippen LogP contribution in [0.2, 0.25) is 0 Å². The van der Waals surface area contributed by atoms with Crippen LogP contribution in [0.15, 0.2) is 24.3 Å². The monoisotopic (exact) mass is 299 g/mol. The fourth-order valence-corrected chi connectivity index (χ4v) is 3.85. The fourth-order valence-electron chi connectivity index (χ4n) is 3.85. The molecular formula is C16H17N3O3. The van der Waals surface area contributed by atoms with E-state index in [2.05, 4.69) is 16.7 Å². The molecule has 1 aromatic carbocycles. The molecule has 1 aliphatic carbocycles. The number of carbonyl (C=O) groups excluding carboxylic acids is 3. The van der Waals surface area contributed by atoms with E-state index in [1.165, 1.54) is 5.56 Å². The molecule has 4 rings (SSSR count). The van der Waals surface area contributed by atoms with Gasteiger partial charge in [-0.05, 0) is 30.4 Å². The number of nitrogens with zero attached hydrogens (tertiary/aromatic N) is 1. The first-order valence-corrected chi connectivity index (χ1v) is 7.59. The molecule has 3 aliphatic rings. The summed E-state index contributed by atoms with van der Waals surface area (Å²) in [6.45, 7) is 0.771. The van der Waals surface area contributed by atoms with E-state index in [1.54, 1.807) is 4.90 Å². The van der Waals surface area contributed by atoms with Crippen LogP contribution < -0.4 is 10.6 Å². The molecule has 0 radical (unpaired) electrons. The number of nitrogens with one attached hydrogen (secondary N) is 2. The second kappa shape index (κ2) is 4.56. The normalized spacial score (nSPS) is 29.6. The Labute approximate surface area is 127 Å². The van der Waals surface area contributed by atoms with Gasteiger partial charge in [0, 0.05) is 6.54 Å². The number of rotatable bonds is 1. The third-order valence-corrected chi connectivity index (χ3v) is 5.03. The minimum Gasteiger partial charge on any atom is -0.339 e. The van der Waals surface area contributed by atoms with Crippen molar-refractivity contribution < 1.29 is 14.4 Å². The third kappa shape index (κ3) is 1.83. The van der Waals surface area contributed by atoms with E-state index in [0.29, 0.717) is 13.0 Å². The zero-order chi connectivity index (χ0) is 15.3. The van der Waals surface area contributed by atoms with Crippen molar-refractivity contribution in [1.82, 2.24) is 15.5 Å². The van der Waals surface area contributed by atoms with Gasteiger partial charge < -0.3 is 10.2 Å². The van der Waals surface area contributed by atoms with Crippen molar-refractivity contribution in [2.24, 2.45) is 0 Å². The number of imide groups is 1. The Morgan fingerprint density at radius 2 is 2.09 bits per heavy atom.